The number of hydrogen-bond acceptors (Lipinski definition) is 2. The van der Waals surface area contributed by atoms with Gasteiger partial charge in [-0.1, -0.05) is 24.6 Å². The molecule has 2 N–H and O–H groups in total. The minimum Gasteiger partial charge on any atom is -0.399 e. The van der Waals surface area contributed by atoms with Crippen LogP contribution in [0.1, 0.15) is 38.7 Å². The average Bonchev–Trinajstić information content (AvgIpc) is 2.16. The van der Waals surface area contributed by atoms with E-state index in [1.807, 2.05) is 38.1 Å². The van der Waals surface area contributed by atoms with Crippen LogP contribution in [-0.2, 0) is 4.79 Å². The van der Waals surface area contributed by atoms with Crippen LogP contribution < -0.4 is 5.73 Å². The minimum absolute atomic E-state index is 0.185. The standard InChI is InChI=1S/C14H19NO/c1-10(2)8-14(16)9-11(3)12-4-6-13(15)7-5-12/h4-8,11H,9,15H2,1-3H3. The Morgan fingerprint density at radius 2 is 1.88 bits per heavy atom. The van der Waals surface area contributed by atoms with E-state index >= 15 is 0 Å². The quantitative estimate of drug-likeness (QED) is 0.621. The first-order valence-corrected chi connectivity index (χ1v) is 5.52. The molecule has 1 atom stereocenters. The summed E-state index contributed by atoms with van der Waals surface area (Å²) < 4.78 is 0. The summed E-state index contributed by atoms with van der Waals surface area (Å²) >= 11 is 0. The Balaban J connectivity index is 2.65. The van der Waals surface area contributed by atoms with Gasteiger partial charge in [0.25, 0.3) is 0 Å². The summed E-state index contributed by atoms with van der Waals surface area (Å²) in [5.41, 5.74) is 8.58. The van der Waals surface area contributed by atoms with Gasteiger partial charge in [0.1, 0.15) is 0 Å². The van der Waals surface area contributed by atoms with Crippen LogP contribution in [0.2, 0.25) is 0 Å². The van der Waals surface area contributed by atoms with Crippen molar-refractivity contribution in [2.75, 3.05) is 5.73 Å². The number of carbonyl (C=O) groups excluding carboxylic acids is 1. The van der Waals surface area contributed by atoms with Crippen molar-refractivity contribution in [3.8, 4) is 0 Å². The normalized spacial score (nSPS) is 11.9. The Morgan fingerprint density at radius 1 is 1.31 bits per heavy atom. The fourth-order valence-electron chi connectivity index (χ4n) is 1.63. The van der Waals surface area contributed by atoms with Gasteiger partial charge in [-0.2, -0.15) is 0 Å². The molecule has 2 heteroatoms. The number of rotatable bonds is 4. The molecule has 86 valence electrons. The largest absolute Gasteiger partial charge is 0.399 e. The summed E-state index contributed by atoms with van der Waals surface area (Å²) in [6.45, 7) is 5.93. The lowest BCUT2D eigenvalue weighted by atomic mass is 9.95. The number of carbonyl (C=O) groups is 1. The Labute approximate surface area is 97.2 Å². The number of nitrogens with two attached hydrogens (primary N) is 1. The predicted molar refractivity (Wildman–Crippen MR) is 68.3 cm³/mol. The third-order valence-corrected chi connectivity index (χ3v) is 2.46. The molecule has 1 rings (SSSR count). The molecule has 0 spiro atoms. The Kier molecular flexibility index (Phi) is 4.29. The van der Waals surface area contributed by atoms with Crippen molar-refractivity contribution in [2.45, 2.75) is 33.1 Å². The number of hydrogen-bond donors (Lipinski definition) is 1. The highest BCUT2D eigenvalue weighted by Crippen LogP contribution is 2.20. The summed E-state index contributed by atoms with van der Waals surface area (Å²) in [6.07, 6.45) is 2.25. The van der Waals surface area contributed by atoms with Crippen LogP contribution in [0.25, 0.3) is 0 Å². The Bertz CT molecular complexity index is 386. The maximum atomic E-state index is 11.6. The first kappa shape index (κ1) is 12.5. The number of nitrogen functional groups attached to an aromatic ring is 1. The SMILES string of the molecule is CC(C)=CC(=O)CC(C)c1ccc(N)cc1. The average molecular weight is 217 g/mol. The molecule has 0 radical (unpaired) electrons. The molecule has 0 bridgehead atoms. The number of ketones is 1. The van der Waals surface area contributed by atoms with Crippen LogP contribution in [0, 0.1) is 0 Å². The zero-order valence-electron chi connectivity index (χ0n) is 10.2. The molecule has 1 unspecified atom stereocenters. The van der Waals surface area contributed by atoms with Gasteiger partial charge in [-0.3, -0.25) is 4.79 Å². The summed E-state index contributed by atoms with van der Waals surface area (Å²) in [7, 11) is 0. The van der Waals surface area contributed by atoms with E-state index < -0.39 is 0 Å². The van der Waals surface area contributed by atoms with Gasteiger partial charge >= 0.3 is 0 Å². The van der Waals surface area contributed by atoms with Crippen molar-refractivity contribution in [3.63, 3.8) is 0 Å². The summed E-state index contributed by atoms with van der Waals surface area (Å²) in [6, 6.07) is 7.71. The lowest BCUT2D eigenvalue weighted by Crippen LogP contribution is -2.02. The van der Waals surface area contributed by atoms with E-state index in [1.165, 1.54) is 0 Å². The molecule has 1 aromatic rings. The number of allylic oxidation sites excluding steroid dienone is 2. The smallest absolute Gasteiger partial charge is 0.156 e. The first-order chi connectivity index (χ1) is 7.49. The van der Waals surface area contributed by atoms with E-state index in [2.05, 4.69) is 6.92 Å². The molecule has 0 heterocycles. The van der Waals surface area contributed by atoms with Gasteiger partial charge in [-0.25, -0.2) is 0 Å². The van der Waals surface area contributed by atoms with E-state index in [0.717, 1.165) is 16.8 Å². The van der Waals surface area contributed by atoms with Crippen molar-refractivity contribution in [1.82, 2.24) is 0 Å². The highest BCUT2D eigenvalue weighted by atomic mass is 16.1. The van der Waals surface area contributed by atoms with Crippen molar-refractivity contribution in [1.29, 1.82) is 0 Å². The zero-order valence-corrected chi connectivity index (χ0v) is 10.2. The Morgan fingerprint density at radius 3 is 2.38 bits per heavy atom. The highest BCUT2D eigenvalue weighted by Gasteiger charge is 2.09. The van der Waals surface area contributed by atoms with Crippen LogP contribution in [-0.4, -0.2) is 5.78 Å². The van der Waals surface area contributed by atoms with Crippen molar-refractivity contribution in [3.05, 3.63) is 41.5 Å². The molecular weight excluding hydrogens is 198 g/mol. The van der Waals surface area contributed by atoms with E-state index in [9.17, 15) is 4.79 Å². The van der Waals surface area contributed by atoms with Gasteiger partial charge in [-0.15, -0.1) is 0 Å². The van der Waals surface area contributed by atoms with Crippen molar-refractivity contribution >= 4 is 11.5 Å². The topological polar surface area (TPSA) is 43.1 Å². The monoisotopic (exact) mass is 217 g/mol. The Hall–Kier alpha value is -1.57. The number of benzene rings is 1. The predicted octanol–water partition coefficient (Wildman–Crippen LogP) is 3.30. The van der Waals surface area contributed by atoms with Crippen LogP contribution in [0.3, 0.4) is 0 Å². The molecule has 0 amide bonds. The molecule has 0 aliphatic heterocycles. The van der Waals surface area contributed by atoms with E-state index in [1.54, 1.807) is 6.08 Å². The number of anilines is 1. The molecule has 0 saturated carbocycles. The molecule has 2 nitrogen and oxygen atoms in total. The fraction of sp³-hybridized carbons (Fsp3) is 0.357. The third kappa shape index (κ3) is 3.89. The van der Waals surface area contributed by atoms with Gasteiger partial charge in [0.15, 0.2) is 5.78 Å². The van der Waals surface area contributed by atoms with Crippen LogP contribution >= 0.6 is 0 Å². The van der Waals surface area contributed by atoms with Crippen LogP contribution in [0.4, 0.5) is 5.69 Å². The molecule has 0 aliphatic carbocycles. The van der Waals surface area contributed by atoms with Gasteiger partial charge in [0.2, 0.25) is 0 Å². The van der Waals surface area contributed by atoms with E-state index in [-0.39, 0.29) is 11.7 Å². The second-order valence-corrected chi connectivity index (χ2v) is 4.46. The molecule has 16 heavy (non-hydrogen) atoms. The van der Waals surface area contributed by atoms with Crippen LogP contribution in [0.5, 0.6) is 0 Å². The van der Waals surface area contributed by atoms with Gasteiger partial charge in [0.05, 0.1) is 0 Å². The fourth-order valence-corrected chi connectivity index (χ4v) is 1.63. The lowest BCUT2D eigenvalue weighted by Gasteiger charge is -2.10. The molecular formula is C14H19NO. The summed E-state index contributed by atoms with van der Waals surface area (Å²) in [4.78, 5) is 11.6. The second-order valence-electron chi connectivity index (χ2n) is 4.46. The molecule has 0 saturated heterocycles. The molecule has 0 aromatic heterocycles. The molecule has 0 aliphatic rings. The molecule has 0 fully saturated rings. The van der Waals surface area contributed by atoms with Crippen LogP contribution in [0.15, 0.2) is 35.9 Å². The highest BCUT2D eigenvalue weighted by molar-refractivity contribution is 5.90. The van der Waals surface area contributed by atoms with Gasteiger partial charge < -0.3 is 5.73 Å². The van der Waals surface area contributed by atoms with Gasteiger partial charge in [-0.05, 0) is 43.5 Å². The summed E-state index contributed by atoms with van der Waals surface area (Å²) in [5, 5.41) is 0. The molecule has 1 aromatic carbocycles. The van der Waals surface area contributed by atoms with Crippen molar-refractivity contribution < 1.29 is 4.79 Å². The third-order valence-electron chi connectivity index (χ3n) is 2.46. The maximum Gasteiger partial charge on any atom is 0.156 e. The van der Waals surface area contributed by atoms with Crippen molar-refractivity contribution in [2.24, 2.45) is 0 Å². The second kappa shape index (κ2) is 5.50. The lowest BCUT2D eigenvalue weighted by molar-refractivity contribution is -0.114. The minimum atomic E-state index is 0.185. The van der Waals surface area contributed by atoms with E-state index in [4.69, 9.17) is 5.73 Å². The maximum absolute atomic E-state index is 11.6. The summed E-state index contributed by atoms with van der Waals surface area (Å²) in [5.74, 6) is 0.424. The zero-order chi connectivity index (χ0) is 12.1. The first-order valence-electron chi connectivity index (χ1n) is 5.52. The van der Waals surface area contributed by atoms with E-state index in [0.29, 0.717) is 6.42 Å². The van der Waals surface area contributed by atoms with Gasteiger partial charge in [0, 0.05) is 12.1 Å².